The molecule has 4 nitrogen and oxygen atoms in total. The maximum Gasteiger partial charge on any atom is 0.430 e. The van der Waals surface area contributed by atoms with E-state index in [0.717, 1.165) is 17.5 Å². The Morgan fingerprint density at radius 2 is 1.78 bits per heavy atom. The lowest BCUT2D eigenvalue weighted by molar-refractivity contribution is -0.261. The second-order valence-electron chi connectivity index (χ2n) is 5.81. The smallest absolute Gasteiger partial charge is 0.368 e. The number of para-hydroxylation sites is 1. The number of piperidine rings is 1. The lowest BCUT2D eigenvalue weighted by Gasteiger charge is -2.36. The number of halogens is 3. The zero-order valence-electron chi connectivity index (χ0n) is 12.4. The number of hydrogen-bond acceptors (Lipinski definition) is 2. The van der Waals surface area contributed by atoms with E-state index in [1.807, 2.05) is 0 Å². The summed E-state index contributed by atoms with van der Waals surface area (Å²) in [5, 5.41) is 10.7. The number of carbonyl (C=O) groups excluding carboxylic acids is 1. The van der Waals surface area contributed by atoms with Crippen LogP contribution in [0.25, 0.3) is 10.9 Å². The molecule has 1 aliphatic heterocycles. The minimum atomic E-state index is -5.10. The Kier molecular flexibility index (Phi) is 3.83. The number of H-pyrrole nitrogens is 1. The van der Waals surface area contributed by atoms with Gasteiger partial charge in [-0.3, -0.25) is 4.79 Å². The number of nitrogens with one attached hydrogen (secondary N) is 1. The molecule has 0 aliphatic carbocycles. The van der Waals surface area contributed by atoms with Crippen LogP contribution in [0.1, 0.15) is 24.8 Å². The number of amides is 1. The Morgan fingerprint density at radius 3 is 2.43 bits per heavy atom. The van der Waals surface area contributed by atoms with Gasteiger partial charge in [0.2, 0.25) is 0 Å². The van der Waals surface area contributed by atoms with Gasteiger partial charge in [0.25, 0.3) is 11.5 Å². The molecule has 1 fully saturated rings. The van der Waals surface area contributed by atoms with Crippen LogP contribution in [-0.2, 0) is 10.4 Å². The van der Waals surface area contributed by atoms with Gasteiger partial charge in [0.1, 0.15) is 0 Å². The van der Waals surface area contributed by atoms with Crippen molar-refractivity contribution in [3.63, 3.8) is 0 Å². The van der Waals surface area contributed by atoms with Crippen molar-refractivity contribution < 1.29 is 23.1 Å². The third-order valence-corrected chi connectivity index (χ3v) is 4.34. The quantitative estimate of drug-likeness (QED) is 0.891. The lowest BCUT2D eigenvalue weighted by Crippen LogP contribution is -2.56. The van der Waals surface area contributed by atoms with Gasteiger partial charge in [-0.05, 0) is 25.3 Å². The van der Waals surface area contributed by atoms with Gasteiger partial charge in [-0.2, -0.15) is 13.2 Å². The average molecular weight is 326 g/mol. The van der Waals surface area contributed by atoms with Gasteiger partial charge in [0.05, 0.1) is 0 Å². The molecule has 2 N–H and O–H groups in total. The van der Waals surface area contributed by atoms with Crippen molar-refractivity contribution >= 4 is 16.8 Å². The maximum absolute atomic E-state index is 13.7. The molecule has 2 heterocycles. The fourth-order valence-corrected chi connectivity index (χ4v) is 3.09. The van der Waals surface area contributed by atoms with Crippen molar-refractivity contribution in [1.29, 1.82) is 0 Å². The highest BCUT2D eigenvalue weighted by molar-refractivity contribution is 5.94. The number of rotatable bonds is 2. The predicted molar refractivity (Wildman–Crippen MR) is 78.7 cm³/mol. The number of fused-ring (bicyclic) bond motifs is 1. The molecule has 1 saturated heterocycles. The second kappa shape index (κ2) is 5.56. The van der Waals surface area contributed by atoms with Crippen LogP contribution >= 0.6 is 0 Å². The summed E-state index contributed by atoms with van der Waals surface area (Å²) in [6.45, 7) is 0.471. The summed E-state index contributed by atoms with van der Waals surface area (Å²) in [5.41, 5.74) is -3.54. The SMILES string of the molecule is O=C(N1CCCCC1)[C@@](O)(c1c[nH]c2ccccc12)C(F)(F)F. The number of aliphatic hydroxyl groups is 1. The molecule has 0 saturated carbocycles. The summed E-state index contributed by atoms with van der Waals surface area (Å²) >= 11 is 0. The van der Waals surface area contributed by atoms with Crippen LogP contribution in [0.15, 0.2) is 30.5 Å². The van der Waals surface area contributed by atoms with Gasteiger partial charge >= 0.3 is 6.18 Å². The van der Waals surface area contributed by atoms with E-state index in [0.29, 0.717) is 18.4 Å². The van der Waals surface area contributed by atoms with E-state index >= 15 is 0 Å². The number of carbonyl (C=O) groups is 1. The first-order valence-electron chi connectivity index (χ1n) is 7.51. The monoisotopic (exact) mass is 326 g/mol. The molecule has 0 spiro atoms. The molecule has 0 radical (unpaired) electrons. The van der Waals surface area contributed by atoms with Gasteiger partial charge < -0.3 is 15.0 Å². The minimum Gasteiger partial charge on any atom is -0.368 e. The van der Waals surface area contributed by atoms with E-state index in [1.165, 1.54) is 6.07 Å². The number of aromatic amines is 1. The van der Waals surface area contributed by atoms with Crippen LogP contribution in [0.3, 0.4) is 0 Å². The van der Waals surface area contributed by atoms with Gasteiger partial charge in [-0.15, -0.1) is 0 Å². The molecule has 1 aromatic carbocycles. The molecule has 0 bridgehead atoms. The summed E-state index contributed by atoms with van der Waals surface area (Å²) in [4.78, 5) is 16.4. The second-order valence-corrected chi connectivity index (χ2v) is 5.81. The van der Waals surface area contributed by atoms with Crippen LogP contribution in [0, 0.1) is 0 Å². The summed E-state index contributed by atoms with van der Waals surface area (Å²) < 4.78 is 41.1. The number of hydrogen-bond donors (Lipinski definition) is 2. The molecule has 3 rings (SSSR count). The van der Waals surface area contributed by atoms with Gasteiger partial charge in [0, 0.05) is 35.8 Å². The van der Waals surface area contributed by atoms with E-state index in [9.17, 15) is 23.1 Å². The van der Waals surface area contributed by atoms with Crippen molar-refractivity contribution in [2.24, 2.45) is 0 Å². The first-order chi connectivity index (χ1) is 10.9. The zero-order valence-corrected chi connectivity index (χ0v) is 12.4. The Labute approximate surface area is 130 Å². The van der Waals surface area contributed by atoms with Crippen molar-refractivity contribution in [2.75, 3.05) is 13.1 Å². The molecule has 7 heteroatoms. The normalized spacial score (nSPS) is 18.9. The highest BCUT2D eigenvalue weighted by Gasteiger charge is 2.62. The first-order valence-corrected chi connectivity index (χ1v) is 7.51. The molecular weight excluding hydrogens is 309 g/mol. The lowest BCUT2D eigenvalue weighted by atomic mass is 9.90. The number of alkyl halides is 3. The average Bonchev–Trinajstić information content (AvgIpc) is 2.97. The molecule has 23 heavy (non-hydrogen) atoms. The molecular formula is C16H17F3N2O2. The predicted octanol–water partition coefficient (Wildman–Crippen LogP) is 2.93. The largest absolute Gasteiger partial charge is 0.430 e. The van der Waals surface area contributed by atoms with E-state index in [2.05, 4.69) is 4.98 Å². The van der Waals surface area contributed by atoms with Crippen molar-refractivity contribution in [3.8, 4) is 0 Å². The zero-order chi connectivity index (χ0) is 16.7. The highest BCUT2D eigenvalue weighted by Crippen LogP contribution is 2.43. The van der Waals surface area contributed by atoms with Crippen molar-refractivity contribution in [1.82, 2.24) is 9.88 Å². The summed E-state index contributed by atoms with van der Waals surface area (Å²) in [6.07, 6.45) is -1.87. The third-order valence-electron chi connectivity index (χ3n) is 4.34. The van der Waals surface area contributed by atoms with Crippen molar-refractivity contribution in [2.45, 2.75) is 31.0 Å². The Balaban J connectivity index is 2.12. The maximum atomic E-state index is 13.7. The molecule has 1 amide bonds. The topological polar surface area (TPSA) is 56.3 Å². The summed E-state index contributed by atoms with van der Waals surface area (Å²) in [6, 6.07) is 6.30. The fraction of sp³-hybridized carbons (Fsp3) is 0.438. The number of benzene rings is 1. The Bertz CT molecular complexity index is 719. The van der Waals surface area contributed by atoms with Crippen LogP contribution < -0.4 is 0 Å². The van der Waals surface area contributed by atoms with Crippen molar-refractivity contribution in [3.05, 3.63) is 36.0 Å². The van der Waals surface area contributed by atoms with E-state index in [-0.39, 0.29) is 18.5 Å². The Morgan fingerprint density at radius 1 is 1.13 bits per heavy atom. The van der Waals surface area contributed by atoms with E-state index in [4.69, 9.17) is 0 Å². The van der Waals surface area contributed by atoms with Gasteiger partial charge in [0.15, 0.2) is 0 Å². The molecule has 1 aliphatic rings. The molecule has 1 aromatic heterocycles. The molecule has 124 valence electrons. The molecule has 1 atom stereocenters. The third kappa shape index (κ3) is 2.49. The summed E-state index contributed by atoms with van der Waals surface area (Å²) in [7, 11) is 0. The van der Waals surface area contributed by atoms with Gasteiger partial charge in [-0.1, -0.05) is 18.2 Å². The Hall–Kier alpha value is -2.02. The molecule has 0 unspecified atom stereocenters. The van der Waals surface area contributed by atoms with Crippen LogP contribution in [-0.4, -0.2) is 40.2 Å². The van der Waals surface area contributed by atoms with Crippen LogP contribution in [0.2, 0.25) is 0 Å². The number of nitrogens with zero attached hydrogens (tertiary/aromatic N) is 1. The van der Waals surface area contributed by atoms with Gasteiger partial charge in [-0.25, -0.2) is 0 Å². The molecule has 2 aromatic rings. The highest BCUT2D eigenvalue weighted by atomic mass is 19.4. The summed E-state index contributed by atoms with van der Waals surface area (Å²) in [5.74, 6) is -1.30. The first kappa shape index (κ1) is 15.9. The fourth-order valence-electron chi connectivity index (χ4n) is 3.09. The van der Waals surface area contributed by atoms with E-state index < -0.39 is 23.2 Å². The van der Waals surface area contributed by atoms with Crippen LogP contribution in [0.5, 0.6) is 0 Å². The van der Waals surface area contributed by atoms with E-state index in [1.54, 1.807) is 18.2 Å². The number of aromatic nitrogens is 1. The van der Waals surface area contributed by atoms with Crippen LogP contribution in [0.4, 0.5) is 13.2 Å². The number of likely N-dealkylation sites (tertiary alicyclic amines) is 1. The minimum absolute atomic E-state index is 0.192. The standard InChI is InChI=1S/C16H17F3N2O2/c17-16(18,19)15(23,14(22)21-8-4-1-5-9-21)12-10-20-13-7-3-2-6-11(12)13/h2-3,6-7,10,20,23H,1,4-5,8-9H2/t15-/m0/s1.